The van der Waals surface area contributed by atoms with Crippen molar-refractivity contribution in [1.82, 2.24) is 4.98 Å². The van der Waals surface area contributed by atoms with Gasteiger partial charge in [-0.1, -0.05) is 19.8 Å². The largest absolute Gasteiger partial charge is 0.497 e. The molecule has 3 nitrogen and oxygen atoms in total. The molecule has 0 spiro atoms. The molecule has 18 heavy (non-hydrogen) atoms. The normalized spacial score (nSPS) is 10.8. The average Bonchev–Trinajstić information content (AvgIpc) is 2.81. The molecule has 0 aliphatic carbocycles. The van der Waals surface area contributed by atoms with Crippen molar-refractivity contribution in [2.45, 2.75) is 32.6 Å². The summed E-state index contributed by atoms with van der Waals surface area (Å²) in [4.78, 5) is 15.3. The fourth-order valence-corrected chi connectivity index (χ4v) is 2.13. The summed E-state index contributed by atoms with van der Waals surface area (Å²) in [6.45, 7) is 2.14. The summed E-state index contributed by atoms with van der Waals surface area (Å²) < 4.78 is 5.20. The van der Waals surface area contributed by atoms with Crippen LogP contribution in [0.1, 0.15) is 43.0 Å². The van der Waals surface area contributed by atoms with E-state index in [1.165, 1.54) is 0 Å². The summed E-state index contributed by atoms with van der Waals surface area (Å²) in [6, 6.07) is 5.75. The summed E-state index contributed by atoms with van der Waals surface area (Å²) in [5.41, 5.74) is 1.76. The number of benzene rings is 1. The van der Waals surface area contributed by atoms with Crippen LogP contribution < -0.4 is 4.74 Å². The molecule has 1 N–H and O–H groups in total. The molecule has 0 aliphatic heterocycles. The number of hydrogen-bond donors (Lipinski definition) is 1. The fourth-order valence-electron chi connectivity index (χ4n) is 2.13. The Bertz CT molecular complexity index is 542. The van der Waals surface area contributed by atoms with Crippen LogP contribution in [0.3, 0.4) is 0 Å². The second-order valence-corrected chi connectivity index (χ2v) is 4.49. The van der Waals surface area contributed by atoms with Gasteiger partial charge >= 0.3 is 0 Å². The molecule has 2 aromatic rings. The van der Waals surface area contributed by atoms with Crippen molar-refractivity contribution in [3.8, 4) is 5.75 Å². The maximum Gasteiger partial charge on any atom is 0.165 e. The van der Waals surface area contributed by atoms with E-state index in [1.54, 1.807) is 13.3 Å². The highest BCUT2D eigenvalue weighted by molar-refractivity contribution is 6.08. The standard InChI is InChI=1S/C15H19NO2/c1-3-4-5-6-15(17)13-10-16-14-8-7-11(18-2)9-12(13)14/h7-10,16H,3-6H2,1-2H3. The molecule has 0 atom stereocenters. The highest BCUT2D eigenvalue weighted by Crippen LogP contribution is 2.24. The van der Waals surface area contributed by atoms with Gasteiger partial charge in [0.15, 0.2) is 5.78 Å². The van der Waals surface area contributed by atoms with Crippen LogP contribution in [0.15, 0.2) is 24.4 Å². The predicted molar refractivity (Wildman–Crippen MR) is 73.3 cm³/mol. The Morgan fingerprint density at radius 2 is 2.17 bits per heavy atom. The number of unbranched alkanes of at least 4 members (excludes halogenated alkanes) is 2. The maximum absolute atomic E-state index is 12.1. The topological polar surface area (TPSA) is 42.1 Å². The van der Waals surface area contributed by atoms with E-state index < -0.39 is 0 Å². The number of H-pyrrole nitrogens is 1. The third-order valence-electron chi connectivity index (χ3n) is 3.20. The number of ketones is 1. The Morgan fingerprint density at radius 3 is 2.89 bits per heavy atom. The molecular weight excluding hydrogens is 226 g/mol. The number of methoxy groups -OCH3 is 1. The van der Waals surface area contributed by atoms with Gasteiger partial charge in [0.2, 0.25) is 0 Å². The molecular formula is C15H19NO2. The molecule has 0 saturated heterocycles. The molecule has 96 valence electrons. The summed E-state index contributed by atoms with van der Waals surface area (Å²) in [6.07, 6.45) is 5.63. The van der Waals surface area contributed by atoms with Gasteiger partial charge in [0.25, 0.3) is 0 Å². The number of nitrogens with one attached hydrogen (secondary N) is 1. The lowest BCUT2D eigenvalue weighted by Gasteiger charge is -2.01. The second kappa shape index (κ2) is 5.71. The Balaban J connectivity index is 2.24. The molecule has 0 bridgehead atoms. The van der Waals surface area contributed by atoms with Crippen molar-refractivity contribution in [2.24, 2.45) is 0 Å². The number of hydrogen-bond acceptors (Lipinski definition) is 2. The monoisotopic (exact) mass is 245 g/mol. The second-order valence-electron chi connectivity index (χ2n) is 4.49. The third kappa shape index (κ3) is 2.55. The van der Waals surface area contributed by atoms with Crippen molar-refractivity contribution >= 4 is 16.7 Å². The average molecular weight is 245 g/mol. The number of fused-ring (bicyclic) bond motifs is 1. The summed E-state index contributed by atoms with van der Waals surface area (Å²) >= 11 is 0. The van der Waals surface area contributed by atoms with Crippen molar-refractivity contribution < 1.29 is 9.53 Å². The molecule has 1 aromatic heterocycles. The minimum absolute atomic E-state index is 0.211. The van der Waals surface area contributed by atoms with Crippen molar-refractivity contribution in [2.75, 3.05) is 7.11 Å². The molecule has 1 aromatic carbocycles. The summed E-state index contributed by atoms with van der Waals surface area (Å²) in [5, 5.41) is 0.954. The van der Waals surface area contributed by atoms with Crippen molar-refractivity contribution in [3.05, 3.63) is 30.0 Å². The van der Waals surface area contributed by atoms with Gasteiger partial charge < -0.3 is 9.72 Å². The molecule has 0 aliphatic rings. The Kier molecular flexibility index (Phi) is 4.03. The molecule has 0 unspecified atom stereocenters. The van der Waals surface area contributed by atoms with Gasteiger partial charge in [-0.2, -0.15) is 0 Å². The number of aromatic nitrogens is 1. The van der Waals surface area contributed by atoms with Gasteiger partial charge in [0, 0.05) is 29.1 Å². The van der Waals surface area contributed by atoms with Crippen LogP contribution in [0, 0.1) is 0 Å². The van der Waals surface area contributed by atoms with Gasteiger partial charge in [-0.05, 0) is 24.6 Å². The van der Waals surface area contributed by atoms with Crippen LogP contribution in [0.25, 0.3) is 10.9 Å². The zero-order valence-electron chi connectivity index (χ0n) is 11.0. The lowest BCUT2D eigenvalue weighted by atomic mass is 10.0. The van der Waals surface area contributed by atoms with Crippen molar-refractivity contribution in [3.63, 3.8) is 0 Å². The lowest BCUT2D eigenvalue weighted by Crippen LogP contribution is -1.97. The maximum atomic E-state index is 12.1. The van der Waals surface area contributed by atoms with Gasteiger partial charge in [-0.3, -0.25) is 4.79 Å². The first-order valence-electron chi connectivity index (χ1n) is 6.44. The molecule has 2 rings (SSSR count). The van der Waals surface area contributed by atoms with Gasteiger partial charge in [0.05, 0.1) is 7.11 Å². The van der Waals surface area contributed by atoms with E-state index in [2.05, 4.69) is 11.9 Å². The zero-order valence-corrected chi connectivity index (χ0v) is 11.0. The highest BCUT2D eigenvalue weighted by Gasteiger charge is 2.12. The summed E-state index contributed by atoms with van der Waals surface area (Å²) in [5.74, 6) is 0.993. The van der Waals surface area contributed by atoms with Crippen LogP contribution in [-0.2, 0) is 0 Å². The SMILES string of the molecule is CCCCCC(=O)c1c[nH]c2ccc(OC)cc12. The van der Waals surface area contributed by atoms with Gasteiger partial charge in [-0.25, -0.2) is 0 Å². The Labute approximate surface area is 107 Å². The Hall–Kier alpha value is -1.77. The van der Waals surface area contributed by atoms with Gasteiger partial charge in [0.1, 0.15) is 5.75 Å². The predicted octanol–water partition coefficient (Wildman–Crippen LogP) is 3.94. The minimum atomic E-state index is 0.211. The number of carbonyl (C=O) groups excluding carboxylic acids is 1. The van der Waals surface area contributed by atoms with Crippen LogP contribution in [0.4, 0.5) is 0 Å². The molecule has 0 saturated carbocycles. The van der Waals surface area contributed by atoms with Crippen LogP contribution in [0.5, 0.6) is 5.75 Å². The first-order chi connectivity index (χ1) is 8.76. The lowest BCUT2D eigenvalue weighted by molar-refractivity contribution is 0.0981. The number of Topliss-reactive ketones (excluding diaryl/α,β-unsaturated/α-hetero) is 1. The quantitative estimate of drug-likeness (QED) is 0.618. The van der Waals surface area contributed by atoms with E-state index >= 15 is 0 Å². The molecule has 0 fully saturated rings. The molecule has 1 heterocycles. The van der Waals surface area contributed by atoms with Crippen LogP contribution in [0.2, 0.25) is 0 Å². The number of rotatable bonds is 6. The number of carbonyl (C=O) groups is 1. The summed E-state index contributed by atoms with van der Waals surface area (Å²) in [7, 11) is 1.64. The third-order valence-corrected chi connectivity index (χ3v) is 3.20. The van der Waals surface area contributed by atoms with Gasteiger partial charge in [-0.15, -0.1) is 0 Å². The first-order valence-corrected chi connectivity index (χ1v) is 6.44. The molecule has 0 amide bonds. The number of ether oxygens (including phenoxy) is 1. The minimum Gasteiger partial charge on any atom is -0.497 e. The molecule has 3 heteroatoms. The zero-order chi connectivity index (χ0) is 13.0. The smallest absolute Gasteiger partial charge is 0.165 e. The fraction of sp³-hybridized carbons (Fsp3) is 0.400. The van der Waals surface area contributed by atoms with Crippen molar-refractivity contribution in [1.29, 1.82) is 0 Å². The van der Waals surface area contributed by atoms with E-state index in [4.69, 9.17) is 4.74 Å². The molecule has 0 radical (unpaired) electrons. The Morgan fingerprint density at radius 1 is 1.33 bits per heavy atom. The van der Waals surface area contributed by atoms with E-state index in [0.717, 1.165) is 41.5 Å². The van der Waals surface area contributed by atoms with E-state index in [-0.39, 0.29) is 5.78 Å². The highest BCUT2D eigenvalue weighted by atomic mass is 16.5. The van der Waals surface area contributed by atoms with Crippen LogP contribution in [-0.4, -0.2) is 17.9 Å². The first kappa shape index (κ1) is 12.7. The van der Waals surface area contributed by atoms with E-state index in [9.17, 15) is 4.79 Å². The van der Waals surface area contributed by atoms with E-state index in [0.29, 0.717) is 6.42 Å². The van der Waals surface area contributed by atoms with E-state index in [1.807, 2.05) is 18.2 Å². The number of aromatic amines is 1. The van der Waals surface area contributed by atoms with Crippen LogP contribution >= 0.6 is 0 Å².